The number of halogens is 1. The number of benzene rings is 2. The van der Waals surface area contributed by atoms with Crippen LogP contribution >= 0.6 is 0 Å². The van der Waals surface area contributed by atoms with E-state index in [0.717, 1.165) is 48.9 Å². The van der Waals surface area contributed by atoms with Crippen molar-refractivity contribution in [2.45, 2.75) is 42.5 Å². The predicted octanol–water partition coefficient (Wildman–Crippen LogP) is 5.00. The summed E-state index contributed by atoms with van der Waals surface area (Å²) in [5, 5.41) is -0.109. The summed E-state index contributed by atoms with van der Waals surface area (Å²) in [6.07, 6.45) is 4.15. The number of aromatic nitrogens is 1. The van der Waals surface area contributed by atoms with Crippen LogP contribution in [0.2, 0.25) is 0 Å². The lowest BCUT2D eigenvalue weighted by molar-refractivity contribution is 0.543. The van der Waals surface area contributed by atoms with Gasteiger partial charge in [0.15, 0.2) is 0 Å². The molecule has 1 aliphatic rings. The molecule has 29 heavy (non-hydrogen) atoms. The lowest BCUT2D eigenvalue weighted by Crippen LogP contribution is -2.25. The molecule has 0 unspecified atom stereocenters. The number of sulfone groups is 1. The van der Waals surface area contributed by atoms with Gasteiger partial charge in [-0.3, -0.25) is 0 Å². The normalized spacial score (nSPS) is 15.3. The van der Waals surface area contributed by atoms with E-state index in [1.807, 2.05) is 36.1 Å². The van der Waals surface area contributed by atoms with E-state index in [2.05, 4.69) is 4.98 Å². The summed E-state index contributed by atoms with van der Waals surface area (Å²) in [7, 11) is -3.96. The highest BCUT2D eigenvalue weighted by molar-refractivity contribution is 7.91. The standard InChI is InChI=1S/C22H23FN2O3S/c1-16-7-6-8-17(15-16)20-24-21(22(28-20)25-13-4-2-3-5-14-25)29(26,27)19-11-9-18(23)10-12-19/h6-12,15H,2-5,13-14H2,1H3. The fraction of sp³-hybridized carbons (Fsp3) is 0.318. The molecular weight excluding hydrogens is 391 g/mol. The first-order valence-corrected chi connectivity index (χ1v) is 11.3. The third-order valence-corrected chi connectivity index (χ3v) is 6.78. The van der Waals surface area contributed by atoms with Crippen LogP contribution in [0.15, 0.2) is 62.9 Å². The Kier molecular flexibility index (Phi) is 5.41. The lowest BCUT2D eigenvalue weighted by Gasteiger charge is -2.20. The maximum atomic E-state index is 13.3. The van der Waals surface area contributed by atoms with Gasteiger partial charge in [0.25, 0.3) is 0 Å². The molecule has 0 amide bonds. The van der Waals surface area contributed by atoms with Gasteiger partial charge in [-0.15, -0.1) is 0 Å². The number of rotatable bonds is 4. The molecule has 0 saturated carbocycles. The van der Waals surface area contributed by atoms with E-state index < -0.39 is 15.7 Å². The Hall–Kier alpha value is -2.67. The Labute approximate surface area is 170 Å². The number of hydrogen-bond acceptors (Lipinski definition) is 5. The second-order valence-corrected chi connectivity index (χ2v) is 9.22. The summed E-state index contributed by atoms with van der Waals surface area (Å²) in [6, 6.07) is 12.4. The van der Waals surface area contributed by atoms with Crippen molar-refractivity contribution in [1.82, 2.24) is 4.98 Å². The third-order valence-electron chi connectivity index (χ3n) is 5.12. The molecule has 0 atom stereocenters. The molecule has 1 aromatic heterocycles. The van der Waals surface area contributed by atoms with Crippen molar-refractivity contribution in [2.24, 2.45) is 0 Å². The van der Waals surface area contributed by atoms with Gasteiger partial charge in [-0.2, -0.15) is 4.98 Å². The minimum atomic E-state index is -3.96. The Bertz CT molecular complexity index is 1100. The monoisotopic (exact) mass is 414 g/mol. The van der Waals surface area contributed by atoms with Crippen molar-refractivity contribution in [2.75, 3.05) is 18.0 Å². The first-order chi connectivity index (χ1) is 13.9. The van der Waals surface area contributed by atoms with E-state index in [1.165, 1.54) is 12.1 Å². The van der Waals surface area contributed by atoms with E-state index in [9.17, 15) is 12.8 Å². The second-order valence-electron chi connectivity index (χ2n) is 7.36. The molecule has 0 aliphatic carbocycles. The highest BCUT2D eigenvalue weighted by Gasteiger charge is 2.31. The van der Waals surface area contributed by atoms with Crippen LogP contribution in [0, 0.1) is 12.7 Å². The summed E-state index contributed by atoms with van der Waals surface area (Å²) in [6.45, 7) is 3.39. The maximum absolute atomic E-state index is 13.3. The number of nitrogens with zero attached hydrogens (tertiary/aromatic N) is 2. The van der Waals surface area contributed by atoms with E-state index in [4.69, 9.17) is 4.42 Å². The number of oxazole rings is 1. The molecular formula is C22H23FN2O3S. The third kappa shape index (κ3) is 4.05. The van der Waals surface area contributed by atoms with Gasteiger partial charge in [0.2, 0.25) is 26.6 Å². The highest BCUT2D eigenvalue weighted by Crippen LogP contribution is 2.35. The Morgan fingerprint density at radius 3 is 2.34 bits per heavy atom. The summed E-state index contributed by atoms with van der Waals surface area (Å²) >= 11 is 0. The van der Waals surface area contributed by atoms with E-state index in [0.29, 0.717) is 13.1 Å². The van der Waals surface area contributed by atoms with E-state index >= 15 is 0 Å². The van der Waals surface area contributed by atoms with Crippen LogP contribution in [0.25, 0.3) is 11.5 Å². The summed E-state index contributed by atoms with van der Waals surface area (Å²) in [5.74, 6) is 0.0543. The van der Waals surface area contributed by atoms with Gasteiger partial charge in [0.1, 0.15) is 5.82 Å². The number of hydrogen-bond donors (Lipinski definition) is 0. The summed E-state index contributed by atoms with van der Waals surface area (Å²) in [5.41, 5.74) is 1.75. The maximum Gasteiger partial charge on any atom is 0.236 e. The molecule has 0 N–H and O–H groups in total. The van der Waals surface area contributed by atoms with Crippen LogP contribution in [0.4, 0.5) is 10.3 Å². The molecule has 152 valence electrons. The summed E-state index contributed by atoms with van der Waals surface area (Å²) in [4.78, 5) is 6.37. The SMILES string of the molecule is Cc1cccc(-c2nc(S(=O)(=O)c3ccc(F)cc3)c(N3CCCCCC3)o2)c1. The molecule has 5 nitrogen and oxygen atoms in total. The van der Waals surface area contributed by atoms with Crippen molar-refractivity contribution in [3.8, 4) is 11.5 Å². The second kappa shape index (κ2) is 7.99. The average Bonchev–Trinajstić information content (AvgIpc) is 2.98. The van der Waals surface area contributed by atoms with Crippen LogP contribution < -0.4 is 4.90 Å². The fourth-order valence-corrected chi connectivity index (χ4v) is 4.90. The lowest BCUT2D eigenvalue weighted by atomic mass is 10.1. The van der Waals surface area contributed by atoms with Gasteiger partial charge in [-0.05, 0) is 56.2 Å². The molecule has 0 spiro atoms. The quantitative estimate of drug-likeness (QED) is 0.562. The minimum Gasteiger partial charge on any atom is -0.419 e. The highest BCUT2D eigenvalue weighted by atomic mass is 32.2. The molecule has 3 aromatic rings. The average molecular weight is 415 g/mol. The first kappa shape index (κ1) is 19.6. The van der Waals surface area contributed by atoms with Crippen LogP contribution in [-0.2, 0) is 9.84 Å². The fourth-order valence-electron chi connectivity index (χ4n) is 3.57. The zero-order valence-electron chi connectivity index (χ0n) is 16.3. The van der Waals surface area contributed by atoms with Gasteiger partial charge in [0.05, 0.1) is 4.90 Å². The molecule has 2 aromatic carbocycles. The van der Waals surface area contributed by atoms with Crippen LogP contribution in [-0.4, -0.2) is 26.5 Å². The van der Waals surface area contributed by atoms with Gasteiger partial charge in [-0.25, -0.2) is 12.8 Å². The van der Waals surface area contributed by atoms with Gasteiger partial charge in [-0.1, -0.05) is 30.5 Å². The van der Waals surface area contributed by atoms with Crippen LogP contribution in [0.1, 0.15) is 31.2 Å². The number of aryl methyl sites for hydroxylation is 1. The molecule has 1 aliphatic heterocycles. The van der Waals surface area contributed by atoms with Crippen LogP contribution in [0.5, 0.6) is 0 Å². The first-order valence-electron chi connectivity index (χ1n) is 9.78. The molecule has 0 radical (unpaired) electrons. The zero-order valence-corrected chi connectivity index (χ0v) is 17.1. The molecule has 1 saturated heterocycles. The summed E-state index contributed by atoms with van der Waals surface area (Å²) < 4.78 is 46.0. The van der Waals surface area contributed by atoms with E-state index in [1.54, 1.807) is 0 Å². The Morgan fingerprint density at radius 1 is 1.00 bits per heavy atom. The largest absolute Gasteiger partial charge is 0.419 e. The van der Waals surface area contributed by atoms with Gasteiger partial charge >= 0.3 is 0 Å². The predicted molar refractivity (Wildman–Crippen MR) is 109 cm³/mol. The minimum absolute atomic E-state index is 0.000867. The zero-order chi connectivity index (χ0) is 20.4. The molecule has 7 heteroatoms. The molecule has 4 rings (SSSR count). The van der Waals surface area contributed by atoms with Crippen molar-refractivity contribution < 1.29 is 17.2 Å². The Balaban J connectivity index is 1.85. The van der Waals surface area contributed by atoms with Crippen molar-refractivity contribution in [3.05, 3.63) is 59.9 Å². The molecule has 0 bridgehead atoms. The van der Waals surface area contributed by atoms with Gasteiger partial charge in [0, 0.05) is 18.7 Å². The van der Waals surface area contributed by atoms with Gasteiger partial charge < -0.3 is 9.32 Å². The molecule has 1 fully saturated rings. The Morgan fingerprint density at radius 2 is 1.69 bits per heavy atom. The van der Waals surface area contributed by atoms with Crippen LogP contribution in [0.3, 0.4) is 0 Å². The van der Waals surface area contributed by atoms with Crippen molar-refractivity contribution >= 4 is 15.7 Å². The topological polar surface area (TPSA) is 63.4 Å². The van der Waals surface area contributed by atoms with Crippen molar-refractivity contribution in [1.29, 1.82) is 0 Å². The van der Waals surface area contributed by atoms with Crippen molar-refractivity contribution in [3.63, 3.8) is 0 Å². The molecule has 2 heterocycles. The smallest absolute Gasteiger partial charge is 0.236 e. The van der Waals surface area contributed by atoms with E-state index in [-0.39, 0.29) is 21.7 Å². The number of anilines is 1.